The molecular weight excluding hydrogens is 353 g/mol. The van der Waals surface area contributed by atoms with E-state index < -0.39 is 0 Å². The molecule has 0 bridgehead atoms. The average Bonchev–Trinajstić information content (AvgIpc) is 3.28. The topological polar surface area (TPSA) is 0 Å². The van der Waals surface area contributed by atoms with Crippen molar-refractivity contribution < 1.29 is 0 Å². The molecule has 5 heteroatoms. The fourth-order valence-corrected chi connectivity index (χ4v) is 7.13. The molecule has 0 radical (unpaired) electrons. The summed E-state index contributed by atoms with van der Waals surface area (Å²) in [5.41, 5.74) is 0. The Bertz CT molecular complexity index is 747. The summed E-state index contributed by atoms with van der Waals surface area (Å²) in [5.74, 6) is 0. The number of hydrogen-bond acceptors (Lipinski definition) is 5. The first kappa shape index (κ1) is 13.8. The summed E-state index contributed by atoms with van der Waals surface area (Å²) in [6, 6.07) is 17.5. The van der Waals surface area contributed by atoms with Gasteiger partial charge in [0.25, 0.3) is 0 Å². The molecule has 0 saturated carbocycles. The Labute approximate surface area is 143 Å². The van der Waals surface area contributed by atoms with Crippen LogP contribution in [0.2, 0.25) is 0 Å². The van der Waals surface area contributed by atoms with Crippen molar-refractivity contribution in [2.24, 2.45) is 0 Å². The molecule has 0 fully saturated rings. The Kier molecular flexibility index (Phi) is 4.01. The van der Waals surface area contributed by atoms with Crippen molar-refractivity contribution in [2.75, 3.05) is 0 Å². The summed E-state index contributed by atoms with van der Waals surface area (Å²) in [4.78, 5) is 5.44. The second kappa shape index (κ2) is 6.10. The summed E-state index contributed by atoms with van der Waals surface area (Å²) in [6.45, 7) is 0. The SMILES string of the molecule is c1csc(-c2ccc(Sc3ccc(-c4cccs4)s3)s2)c1. The largest absolute Gasteiger partial charge is 0.143 e. The van der Waals surface area contributed by atoms with Crippen LogP contribution < -0.4 is 0 Å². The van der Waals surface area contributed by atoms with Crippen molar-refractivity contribution in [3.63, 3.8) is 0 Å². The van der Waals surface area contributed by atoms with Crippen molar-refractivity contribution in [1.29, 1.82) is 0 Å². The maximum Gasteiger partial charge on any atom is 0.0661 e. The molecule has 0 aliphatic heterocycles. The first-order valence-corrected chi connectivity index (χ1v) is 10.5. The van der Waals surface area contributed by atoms with E-state index in [0.717, 1.165) is 0 Å². The van der Waals surface area contributed by atoms with Crippen LogP contribution >= 0.6 is 57.1 Å². The average molecular weight is 363 g/mol. The van der Waals surface area contributed by atoms with Gasteiger partial charge in [-0.25, -0.2) is 0 Å². The van der Waals surface area contributed by atoms with Gasteiger partial charge in [-0.1, -0.05) is 23.9 Å². The van der Waals surface area contributed by atoms with Gasteiger partial charge in [-0.2, -0.15) is 0 Å². The predicted octanol–water partition coefficient (Wildman–Crippen LogP) is 7.42. The molecule has 0 saturated heterocycles. The van der Waals surface area contributed by atoms with Crippen LogP contribution in [0.1, 0.15) is 0 Å². The molecule has 4 rings (SSSR count). The minimum Gasteiger partial charge on any atom is -0.143 e. The second-order valence-electron chi connectivity index (χ2n) is 4.29. The van der Waals surface area contributed by atoms with Crippen molar-refractivity contribution in [3.05, 3.63) is 59.3 Å². The minimum atomic E-state index is 1.36. The van der Waals surface area contributed by atoms with Gasteiger partial charge in [0.05, 0.1) is 8.42 Å². The summed E-state index contributed by atoms with van der Waals surface area (Å²) in [6.07, 6.45) is 0. The van der Waals surface area contributed by atoms with E-state index >= 15 is 0 Å². The highest BCUT2D eigenvalue weighted by Crippen LogP contribution is 2.43. The molecule has 0 N–H and O–H groups in total. The van der Waals surface area contributed by atoms with E-state index in [2.05, 4.69) is 59.3 Å². The van der Waals surface area contributed by atoms with E-state index in [4.69, 9.17) is 0 Å². The highest BCUT2D eigenvalue weighted by atomic mass is 32.2. The van der Waals surface area contributed by atoms with Crippen LogP contribution in [0, 0.1) is 0 Å². The Hall–Kier alpha value is -0.850. The maximum atomic E-state index is 2.23. The molecule has 0 aliphatic carbocycles. The lowest BCUT2D eigenvalue weighted by Crippen LogP contribution is -1.57. The molecule has 21 heavy (non-hydrogen) atoms. The molecule has 4 aromatic rings. The number of thiophene rings is 4. The van der Waals surface area contributed by atoms with Crippen LogP contribution in [0.4, 0.5) is 0 Å². The van der Waals surface area contributed by atoms with E-state index in [1.54, 1.807) is 22.7 Å². The Balaban J connectivity index is 1.54. The number of rotatable bonds is 4. The molecule has 0 aliphatic rings. The van der Waals surface area contributed by atoms with Gasteiger partial charge in [0, 0.05) is 19.5 Å². The van der Waals surface area contributed by atoms with E-state index in [-0.39, 0.29) is 0 Å². The summed E-state index contributed by atoms with van der Waals surface area (Å²) in [5, 5.41) is 4.27. The minimum absolute atomic E-state index is 1.36. The highest BCUT2D eigenvalue weighted by Gasteiger charge is 2.08. The van der Waals surface area contributed by atoms with Gasteiger partial charge in [-0.3, -0.25) is 0 Å². The zero-order chi connectivity index (χ0) is 14.1. The molecule has 0 atom stereocenters. The van der Waals surface area contributed by atoms with Crippen LogP contribution in [-0.4, -0.2) is 0 Å². The standard InChI is InChI=1S/C16H10S5/c1-3-11(17-9-1)13-5-7-15(19-13)21-16-8-6-14(20-16)12-4-2-10-18-12/h1-10H. The van der Waals surface area contributed by atoms with Crippen LogP contribution in [0.5, 0.6) is 0 Å². The van der Waals surface area contributed by atoms with Gasteiger partial charge in [0.1, 0.15) is 0 Å². The van der Waals surface area contributed by atoms with Crippen LogP contribution in [0.25, 0.3) is 19.5 Å². The van der Waals surface area contributed by atoms with Gasteiger partial charge in [-0.15, -0.1) is 45.3 Å². The lowest BCUT2D eigenvalue weighted by molar-refractivity contribution is 1.67. The molecule has 0 spiro atoms. The molecule has 0 nitrogen and oxygen atoms in total. The third-order valence-electron chi connectivity index (χ3n) is 2.89. The van der Waals surface area contributed by atoms with Gasteiger partial charge < -0.3 is 0 Å². The lowest BCUT2D eigenvalue weighted by Gasteiger charge is -1.93. The smallest absolute Gasteiger partial charge is 0.0661 e. The van der Waals surface area contributed by atoms with Crippen LogP contribution in [0.3, 0.4) is 0 Å². The summed E-state index contributed by atoms with van der Waals surface area (Å²) < 4.78 is 2.72. The Morgan fingerprint density at radius 3 is 1.52 bits per heavy atom. The van der Waals surface area contributed by atoms with Crippen molar-refractivity contribution in [3.8, 4) is 19.5 Å². The van der Waals surface area contributed by atoms with Crippen LogP contribution in [0.15, 0.2) is 67.7 Å². The molecular formula is C16H10S5. The van der Waals surface area contributed by atoms with Gasteiger partial charge in [0.2, 0.25) is 0 Å². The fourth-order valence-electron chi connectivity index (χ4n) is 1.95. The Morgan fingerprint density at radius 1 is 0.571 bits per heavy atom. The van der Waals surface area contributed by atoms with Crippen molar-refractivity contribution >= 4 is 57.1 Å². The van der Waals surface area contributed by atoms with Crippen LogP contribution in [-0.2, 0) is 0 Å². The molecule has 104 valence electrons. The number of hydrogen-bond donors (Lipinski definition) is 0. The highest BCUT2D eigenvalue weighted by molar-refractivity contribution is 8.03. The third kappa shape index (κ3) is 3.03. The monoisotopic (exact) mass is 362 g/mol. The van der Waals surface area contributed by atoms with E-state index in [0.29, 0.717) is 0 Å². The quantitative estimate of drug-likeness (QED) is 0.364. The normalized spacial score (nSPS) is 11.0. The molecule has 0 amide bonds. The van der Waals surface area contributed by atoms with E-state index in [9.17, 15) is 0 Å². The summed E-state index contributed by atoms with van der Waals surface area (Å²) >= 11 is 9.23. The lowest BCUT2D eigenvalue weighted by atomic mass is 10.4. The zero-order valence-corrected chi connectivity index (χ0v) is 14.9. The zero-order valence-electron chi connectivity index (χ0n) is 10.8. The van der Waals surface area contributed by atoms with Gasteiger partial charge in [0.15, 0.2) is 0 Å². The molecule has 4 aromatic heterocycles. The molecule has 0 unspecified atom stereocenters. The van der Waals surface area contributed by atoms with Crippen molar-refractivity contribution in [1.82, 2.24) is 0 Å². The van der Waals surface area contributed by atoms with Gasteiger partial charge in [-0.05, 0) is 47.2 Å². The van der Waals surface area contributed by atoms with E-state index in [1.165, 1.54) is 27.9 Å². The predicted molar refractivity (Wildman–Crippen MR) is 99.4 cm³/mol. The fraction of sp³-hybridized carbons (Fsp3) is 0. The first-order valence-electron chi connectivity index (χ1n) is 6.34. The Morgan fingerprint density at radius 2 is 1.10 bits per heavy atom. The van der Waals surface area contributed by atoms with E-state index in [1.807, 2.05) is 34.4 Å². The maximum absolute atomic E-state index is 2.23. The van der Waals surface area contributed by atoms with Crippen molar-refractivity contribution in [2.45, 2.75) is 8.42 Å². The second-order valence-corrected chi connectivity index (χ2v) is 9.96. The third-order valence-corrected chi connectivity index (χ3v) is 8.46. The van der Waals surface area contributed by atoms with Gasteiger partial charge >= 0.3 is 0 Å². The first-order chi connectivity index (χ1) is 10.4. The molecule has 0 aromatic carbocycles. The molecule has 4 heterocycles. The summed E-state index contributed by atoms with van der Waals surface area (Å²) in [7, 11) is 0.